The lowest BCUT2D eigenvalue weighted by atomic mass is 10.2. The first kappa shape index (κ1) is 7.70. The summed E-state index contributed by atoms with van der Waals surface area (Å²) in [6.45, 7) is 2.06. The largest absolute Gasteiger partial charge is 0.374 e. The van der Waals surface area contributed by atoms with E-state index in [0.717, 1.165) is 10.6 Å². The molecule has 0 unspecified atom stereocenters. The summed E-state index contributed by atoms with van der Waals surface area (Å²) in [6, 6.07) is 0. The Morgan fingerprint density at radius 2 is 2.17 bits per heavy atom. The van der Waals surface area contributed by atoms with Crippen LogP contribution in [0.25, 0.3) is 10.6 Å². The van der Waals surface area contributed by atoms with Gasteiger partial charge in [-0.2, -0.15) is 11.3 Å². The van der Waals surface area contributed by atoms with Crippen LogP contribution in [0, 0.1) is 6.92 Å². The van der Waals surface area contributed by atoms with Gasteiger partial charge in [-0.25, -0.2) is 0 Å². The predicted molar refractivity (Wildman–Crippen MR) is 52.4 cm³/mol. The first-order valence-corrected chi connectivity index (χ1v) is 5.15. The molecule has 12 heavy (non-hydrogen) atoms. The van der Waals surface area contributed by atoms with E-state index in [0.29, 0.717) is 5.13 Å². The molecular weight excluding hydrogens is 190 g/mol. The van der Waals surface area contributed by atoms with Crippen molar-refractivity contribution in [3.8, 4) is 10.6 Å². The van der Waals surface area contributed by atoms with Crippen molar-refractivity contribution in [1.82, 2.24) is 10.2 Å². The second kappa shape index (κ2) is 2.84. The zero-order valence-electron chi connectivity index (χ0n) is 6.44. The van der Waals surface area contributed by atoms with E-state index in [1.807, 2.05) is 0 Å². The Bertz CT molecular complexity index is 391. The quantitative estimate of drug-likeness (QED) is 0.762. The molecule has 0 bridgehead atoms. The van der Waals surface area contributed by atoms with Crippen LogP contribution in [0.3, 0.4) is 0 Å². The summed E-state index contributed by atoms with van der Waals surface area (Å²) in [5.74, 6) is 0. The van der Waals surface area contributed by atoms with E-state index in [2.05, 4.69) is 27.9 Å². The maximum atomic E-state index is 5.48. The highest BCUT2D eigenvalue weighted by atomic mass is 32.1. The molecule has 0 saturated carbocycles. The summed E-state index contributed by atoms with van der Waals surface area (Å²) in [5, 5.41) is 13.3. The predicted octanol–water partition coefficient (Wildman–Crippen LogP) is 2.16. The first-order valence-electron chi connectivity index (χ1n) is 3.39. The molecule has 0 saturated heterocycles. The average molecular weight is 197 g/mol. The van der Waals surface area contributed by atoms with Crippen molar-refractivity contribution in [3.63, 3.8) is 0 Å². The molecule has 5 heteroatoms. The molecule has 0 aliphatic rings. The zero-order valence-corrected chi connectivity index (χ0v) is 8.08. The van der Waals surface area contributed by atoms with Gasteiger partial charge in [0.2, 0.25) is 5.13 Å². The van der Waals surface area contributed by atoms with Crippen LogP contribution >= 0.6 is 22.7 Å². The monoisotopic (exact) mass is 197 g/mol. The highest BCUT2D eigenvalue weighted by Crippen LogP contribution is 2.29. The number of hydrogen-bond donors (Lipinski definition) is 1. The van der Waals surface area contributed by atoms with Gasteiger partial charge in [0.05, 0.1) is 0 Å². The molecule has 0 amide bonds. The standard InChI is InChI=1S/C7H7N3S2/c1-4-2-11-3-5(4)6-9-10-7(8)12-6/h2-3H,1H3,(H2,8,10). The maximum absolute atomic E-state index is 5.48. The van der Waals surface area contributed by atoms with Crippen molar-refractivity contribution < 1.29 is 0 Å². The van der Waals surface area contributed by atoms with Gasteiger partial charge in [0.25, 0.3) is 0 Å². The minimum absolute atomic E-state index is 0.524. The first-order chi connectivity index (χ1) is 5.77. The van der Waals surface area contributed by atoms with E-state index >= 15 is 0 Å². The van der Waals surface area contributed by atoms with Gasteiger partial charge in [0.15, 0.2) is 5.01 Å². The molecule has 3 nitrogen and oxygen atoms in total. The van der Waals surface area contributed by atoms with Gasteiger partial charge >= 0.3 is 0 Å². The molecule has 2 aromatic heterocycles. The number of aryl methyl sites for hydroxylation is 1. The van der Waals surface area contributed by atoms with Crippen LogP contribution < -0.4 is 5.73 Å². The van der Waals surface area contributed by atoms with Crippen molar-refractivity contribution in [2.75, 3.05) is 5.73 Å². The van der Waals surface area contributed by atoms with Gasteiger partial charge in [-0.3, -0.25) is 0 Å². The zero-order chi connectivity index (χ0) is 8.55. The molecule has 0 atom stereocenters. The van der Waals surface area contributed by atoms with Crippen LogP contribution in [0.2, 0.25) is 0 Å². The highest BCUT2D eigenvalue weighted by molar-refractivity contribution is 7.18. The minimum atomic E-state index is 0.524. The fraction of sp³-hybridized carbons (Fsp3) is 0.143. The van der Waals surface area contributed by atoms with Crippen molar-refractivity contribution in [1.29, 1.82) is 0 Å². The second-order valence-electron chi connectivity index (χ2n) is 2.41. The number of rotatable bonds is 1. The lowest BCUT2D eigenvalue weighted by Gasteiger charge is -1.89. The Balaban J connectivity index is 2.50. The number of anilines is 1. The lowest BCUT2D eigenvalue weighted by Crippen LogP contribution is -1.80. The fourth-order valence-corrected chi connectivity index (χ4v) is 2.52. The molecule has 2 heterocycles. The third-order valence-electron chi connectivity index (χ3n) is 1.53. The van der Waals surface area contributed by atoms with Gasteiger partial charge < -0.3 is 5.73 Å². The Kier molecular flexibility index (Phi) is 1.82. The van der Waals surface area contributed by atoms with E-state index in [9.17, 15) is 0 Å². The fourth-order valence-electron chi connectivity index (χ4n) is 0.923. The topological polar surface area (TPSA) is 51.8 Å². The maximum Gasteiger partial charge on any atom is 0.203 e. The molecule has 2 aromatic rings. The van der Waals surface area contributed by atoms with Gasteiger partial charge in [0.1, 0.15) is 0 Å². The summed E-state index contributed by atoms with van der Waals surface area (Å²) in [5.41, 5.74) is 7.86. The summed E-state index contributed by atoms with van der Waals surface area (Å²) < 4.78 is 0. The van der Waals surface area contributed by atoms with Crippen LogP contribution in [0.15, 0.2) is 10.8 Å². The molecule has 2 N–H and O–H groups in total. The Labute approximate surface area is 77.9 Å². The average Bonchev–Trinajstić information content (AvgIpc) is 2.58. The van der Waals surface area contributed by atoms with Crippen LogP contribution in [-0.4, -0.2) is 10.2 Å². The minimum Gasteiger partial charge on any atom is -0.374 e. The third kappa shape index (κ3) is 1.21. The second-order valence-corrected chi connectivity index (χ2v) is 4.17. The van der Waals surface area contributed by atoms with E-state index in [4.69, 9.17) is 5.73 Å². The molecule has 0 radical (unpaired) electrons. The van der Waals surface area contributed by atoms with Gasteiger partial charge in [-0.1, -0.05) is 11.3 Å². The molecule has 0 aliphatic carbocycles. The summed E-state index contributed by atoms with van der Waals surface area (Å²) in [7, 11) is 0. The van der Waals surface area contributed by atoms with Crippen LogP contribution in [0.5, 0.6) is 0 Å². The summed E-state index contributed by atoms with van der Waals surface area (Å²) in [4.78, 5) is 0. The number of aromatic nitrogens is 2. The summed E-state index contributed by atoms with van der Waals surface area (Å²) in [6.07, 6.45) is 0. The number of nitrogens with zero attached hydrogens (tertiary/aromatic N) is 2. The Hall–Kier alpha value is -0.940. The molecule has 62 valence electrons. The SMILES string of the molecule is Cc1cscc1-c1nnc(N)s1. The number of nitrogen functional groups attached to an aromatic ring is 1. The Morgan fingerprint density at radius 1 is 1.33 bits per heavy atom. The summed E-state index contributed by atoms with van der Waals surface area (Å²) >= 11 is 3.09. The van der Waals surface area contributed by atoms with Crippen LogP contribution in [0.1, 0.15) is 5.56 Å². The normalized spacial score (nSPS) is 10.4. The number of thiophene rings is 1. The van der Waals surface area contributed by atoms with Gasteiger partial charge in [-0.15, -0.1) is 10.2 Å². The van der Waals surface area contributed by atoms with Gasteiger partial charge in [0, 0.05) is 10.9 Å². The molecule has 0 aliphatic heterocycles. The van der Waals surface area contributed by atoms with Crippen molar-refractivity contribution in [3.05, 3.63) is 16.3 Å². The Morgan fingerprint density at radius 3 is 2.67 bits per heavy atom. The molecular formula is C7H7N3S2. The third-order valence-corrected chi connectivity index (χ3v) is 3.17. The number of nitrogens with two attached hydrogens (primary N) is 1. The molecule has 2 rings (SSSR count). The van der Waals surface area contributed by atoms with Crippen molar-refractivity contribution in [2.24, 2.45) is 0 Å². The van der Waals surface area contributed by atoms with Crippen LogP contribution in [-0.2, 0) is 0 Å². The van der Waals surface area contributed by atoms with E-state index in [1.54, 1.807) is 11.3 Å². The molecule has 0 spiro atoms. The van der Waals surface area contributed by atoms with E-state index in [-0.39, 0.29) is 0 Å². The van der Waals surface area contributed by atoms with E-state index in [1.165, 1.54) is 16.9 Å². The van der Waals surface area contributed by atoms with Crippen molar-refractivity contribution in [2.45, 2.75) is 6.92 Å². The molecule has 0 fully saturated rings. The van der Waals surface area contributed by atoms with Crippen molar-refractivity contribution >= 4 is 27.8 Å². The van der Waals surface area contributed by atoms with Gasteiger partial charge in [-0.05, 0) is 17.9 Å². The van der Waals surface area contributed by atoms with Crippen LogP contribution in [0.4, 0.5) is 5.13 Å². The highest BCUT2D eigenvalue weighted by Gasteiger charge is 2.07. The van der Waals surface area contributed by atoms with E-state index < -0.39 is 0 Å². The number of hydrogen-bond acceptors (Lipinski definition) is 5. The smallest absolute Gasteiger partial charge is 0.203 e. The molecule has 0 aromatic carbocycles. The lowest BCUT2D eigenvalue weighted by molar-refractivity contribution is 1.10.